The molecule has 1 saturated heterocycles. The van der Waals surface area contributed by atoms with Gasteiger partial charge in [0.25, 0.3) is 0 Å². The van der Waals surface area contributed by atoms with Crippen molar-refractivity contribution < 1.29 is 4.79 Å². The lowest BCUT2D eigenvalue weighted by Gasteiger charge is -2.31. The number of nitrogens with zero attached hydrogens (tertiary/aromatic N) is 5. The smallest absolute Gasteiger partial charge is 0.219 e. The number of hydrogen-bond acceptors (Lipinski definition) is 5. The van der Waals surface area contributed by atoms with E-state index in [1.807, 2.05) is 35.4 Å². The Morgan fingerprint density at radius 1 is 1.00 bits per heavy atom. The molecule has 0 aromatic carbocycles. The number of hydrogen-bond donors (Lipinski definition) is 0. The van der Waals surface area contributed by atoms with Crippen molar-refractivity contribution in [2.45, 2.75) is 25.7 Å². The van der Waals surface area contributed by atoms with Crippen LogP contribution in [0.1, 0.15) is 31.4 Å². The van der Waals surface area contributed by atoms with Gasteiger partial charge in [-0.05, 0) is 42.7 Å². The maximum absolute atomic E-state index is 11.7. The van der Waals surface area contributed by atoms with Gasteiger partial charge >= 0.3 is 0 Å². The van der Waals surface area contributed by atoms with Crippen LogP contribution in [0, 0.1) is 0 Å². The van der Waals surface area contributed by atoms with Crippen molar-refractivity contribution in [1.29, 1.82) is 0 Å². The summed E-state index contributed by atoms with van der Waals surface area (Å²) in [5.74, 6) is 1.12. The lowest BCUT2D eigenvalue weighted by atomic mass is 9.89. The van der Waals surface area contributed by atoms with E-state index < -0.39 is 0 Å². The Hall–Kier alpha value is -3.15. The van der Waals surface area contributed by atoms with Gasteiger partial charge in [-0.15, -0.1) is 0 Å². The monoisotopic (exact) mass is 359 g/mol. The van der Waals surface area contributed by atoms with Crippen molar-refractivity contribution in [2.75, 3.05) is 13.1 Å². The molecule has 6 nitrogen and oxygen atoms in total. The van der Waals surface area contributed by atoms with E-state index in [0.717, 1.165) is 48.3 Å². The SMILES string of the molecule is CC(=O)N1CCC(c2nc(-c3cccnc3)ncc2-c2ccncc2)CC1. The highest BCUT2D eigenvalue weighted by Gasteiger charge is 2.26. The first-order chi connectivity index (χ1) is 13.2. The van der Waals surface area contributed by atoms with Crippen LogP contribution in [0.15, 0.2) is 55.2 Å². The molecule has 0 unspecified atom stereocenters. The highest BCUT2D eigenvalue weighted by atomic mass is 16.2. The van der Waals surface area contributed by atoms with E-state index >= 15 is 0 Å². The third kappa shape index (κ3) is 3.69. The number of pyridine rings is 2. The largest absolute Gasteiger partial charge is 0.343 e. The molecule has 0 atom stereocenters. The zero-order valence-electron chi connectivity index (χ0n) is 15.2. The highest BCUT2D eigenvalue weighted by molar-refractivity contribution is 5.73. The molecule has 27 heavy (non-hydrogen) atoms. The Morgan fingerprint density at radius 2 is 1.78 bits per heavy atom. The summed E-state index contributed by atoms with van der Waals surface area (Å²) in [5, 5.41) is 0. The topological polar surface area (TPSA) is 71.9 Å². The van der Waals surface area contributed by atoms with Crippen LogP contribution in [0.2, 0.25) is 0 Å². The van der Waals surface area contributed by atoms with Crippen molar-refractivity contribution in [1.82, 2.24) is 24.8 Å². The lowest BCUT2D eigenvalue weighted by Crippen LogP contribution is -2.36. The summed E-state index contributed by atoms with van der Waals surface area (Å²) in [7, 11) is 0. The van der Waals surface area contributed by atoms with Crippen molar-refractivity contribution in [3.05, 3.63) is 60.9 Å². The molecule has 0 spiro atoms. The van der Waals surface area contributed by atoms with E-state index in [9.17, 15) is 4.79 Å². The quantitative estimate of drug-likeness (QED) is 0.717. The van der Waals surface area contributed by atoms with Gasteiger partial charge in [-0.1, -0.05) is 0 Å². The molecule has 1 amide bonds. The fourth-order valence-electron chi connectivity index (χ4n) is 3.56. The van der Waals surface area contributed by atoms with Crippen molar-refractivity contribution >= 4 is 5.91 Å². The standard InChI is InChI=1S/C21H21N5O/c1-15(27)26-11-6-17(7-12-26)20-19(16-4-9-22-10-5-16)14-24-21(25-20)18-3-2-8-23-13-18/h2-5,8-10,13-14,17H,6-7,11-12H2,1H3. The van der Waals surface area contributed by atoms with Crippen LogP contribution in [0.3, 0.4) is 0 Å². The summed E-state index contributed by atoms with van der Waals surface area (Å²) < 4.78 is 0. The Balaban J connectivity index is 1.73. The fraction of sp³-hybridized carbons (Fsp3) is 0.286. The first-order valence-corrected chi connectivity index (χ1v) is 9.15. The number of piperidine rings is 1. The van der Waals surface area contributed by atoms with E-state index in [1.54, 1.807) is 31.7 Å². The second-order valence-electron chi connectivity index (χ2n) is 6.75. The van der Waals surface area contributed by atoms with Gasteiger partial charge in [0.1, 0.15) is 0 Å². The summed E-state index contributed by atoms with van der Waals surface area (Å²) in [6.45, 7) is 3.16. The molecule has 3 aromatic rings. The number of rotatable bonds is 3. The molecule has 0 radical (unpaired) electrons. The molecule has 0 N–H and O–H groups in total. The number of carbonyl (C=O) groups is 1. The number of amides is 1. The summed E-state index contributed by atoms with van der Waals surface area (Å²) >= 11 is 0. The summed E-state index contributed by atoms with van der Waals surface area (Å²) in [6.07, 6.45) is 10.8. The van der Waals surface area contributed by atoms with E-state index in [4.69, 9.17) is 4.98 Å². The zero-order chi connectivity index (χ0) is 18.6. The van der Waals surface area contributed by atoms with Crippen LogP contribution < -0.4 is 0 Å². The van der Waals surface area contributed by atoms with Gasteiger partial charge in [-0.3, -0.25) is 14.8 Å². The van der Waals surface area contributed by atoms with Crippen molar-refractivity contribution in [2.24, 2.45) is 0 Å². The lowest BCUT2D eigenvalue weighted by molar-refractivity contribution is -0.129. The molecule has 4 rings (SSSR count). The molecule has 136 valence electrons. The predicted octanol–water partition coefficient (Wildman–Crippen LogP) is 3.33. The van der Waals surface area contributed by atoms with Crippen LogP contribution in [0.25, 0.3) is 22.5 Å². The van der Waals surface area contributed by atoms with Crippen LogP contribution >= 0.6 is 0 Å². The van der Waals surface area contributed by atoms with E-state index in [1.165, 1.54) is 0 Å². The van der Waals surface area contributed by atoms with E-state index in [0.29, 0.717) is 11.7 Å². The number of likely N-dealkylation sites (tertiary alicyclic amines) is 1. The molecule has 1 aliphatic heterocycles. The molecular formula is C21H21N5O. The third-order valence-electron chi connectivity index (χ3n) is 5.06. The summed E-state index contributed by atoms with van der Waals surface area (Å²) in [5.41, 5.74) is 4.04. The predicted molar refractivity (Wildman–Crippen MR) is 103 cm³/mol. The Bertz CT molecular complexity index is 922. The minimum absolute atomic E-state index is 0.140. The minimum atomic E-state index is 0.140. The molecule has 4 heterocycles. The van der Waals surface area contributed by atoms with Crippen LogP contribution in [0.5, 0.6) is 0 Å². The summed E-state index contributed by atoms with van der Waals surface area (Å²) in [6, 6.07) is 7.82. The fourth-order valence-corrected chi connectivity index (χ4v) is 3.56. The molecule has 0 saturated carbocycles. The zero-order valence-corrected chi connectivity index (χ0v) is 15.2. The van der Waals surface area contributed by atoms with Gasteiger partial charge < -0.3 is 4.90 Å². The third-order valence-corrected chi connectivity index (χ3v) is 5.06. The first-order valence-electron chi connectivity index (χ1n) is 9.15. The molecule has 0 bridgehead atoms. The molecule has 1 aliphatic rings. The maximum Gasteiger partial charge on any atom is 0.219 e. The average molecular weight is 359 g/mol. The Kier molecular flexibility index (Phi) is 4.87. The van der Waals surface area contributed by atoms with Gasteiger partial charge in [-0.25, -0.2) is 9.97 Å². The van der Waals surface area contributed by atoms with Gasteiger partial charge in [0, 0.05) is 68.0 Å². The van der Waals surface area contributed by atoms with E-state index in [2.05, 4.69) is 15.0 Å². The second-order valence-corrected chi connectivity index (χ2v) is 6.75. The number of aromatic nitrogens is 4. The maximum atomic E-state index is 11.7. The van der Waals surface area contributed by atoms with Crippen molar-refractivity contribution in [3.8, 4) is 22.5 Å². The normalized spacial score (nSPS) is 14.9. The highest BCUT2D eigenvalue weighted by Crippen LogP contribution is 2.34. The van der Waals surface area contributed by atoms with E-state index in [-0.39, 0.29) is 5.91 Å². The van der Waals surface area contributed by atoms with Crippen LogP contribution in [-0.4, -0.2) is 43.8 Å². The average Bonchev–Trinajstić information content (AvgIpc) is 2.74. The molecular weight excluding hydrogens is 338 g/mol. The number of carbonyl (C=O) groups excluding carboxylic acids is 1. The van der Waals surface area contributed by atoms with Gasteiger partial charge in [0.2, 0.25) is 5.91 Å². The Labute approximate surface area is 158 Å². The molecule has 1 fully saturated rings. The van der Waals surface area contributed by atoms with Gasteiger partial charge in [-0.2, -0.15) is 0 Å². The minimum Gasteiger partial charge on any atom is -0.343 e. The van der Waals surface area contributed by atoms with Gasteiger partial charge in [0.15, 0.2) is 5.82 Å². The second kappa shape index (κ2) is 7.61. The van der Waals surface area contributed by atoms with Crippen LogP contribution in [-0.2, 0) is 4.79 Å². The first kappa shape index (κ1) is 17.3. The van der Waals surface area contributed by atoms with Crippen molar-refractivity contribution in [3.63, 3.8) is 0 Å². The van der Waals surface area contributed by atoms with Gasteiger partial charge in [0.05, 0.1) is 5.69 Å². The summed E-state index contributed by atoms with van der Waals surface area (Å²) in [4.78, 5) is 31.4. The molecule has 3 aromatic heterocycles. The molecule has 0 aliphatic carbocycles. The molecule has 6 heteroatoms. The van der Waals surface area contributed by atoms with Crippen LogP contribution in [0.4, 0.5) is 0 Å². The Morgan fingerprint density at radius 3 is 2.44 bits per heavy atom.